The second-order valence-electron chi connectivity index (χ2n) is 10.9. The molecule has 6 rings (SSSR count). The number of rotatable bonds is 5. The Balaban J connectivity index is 1.65. The van der Waals surface area contributed by atoms with Crippen molar-refractivity contribution in [3.63, 3.8) is 0 Å². The lowest BCUT2D eigenvalue weighted by Crippen LogP contribution is -2.03. The quantitative estimate of drug-likeness (QED) is 0.226. The predicted octanol–water partition coefficient (Wildman–Crippen LogP) is 10.4. The minimum Gasteiger partial charge on any atom is -0.455 e. The molecule has 0 aliphatic heterocycles. The molecular formula is C37H32N2O. The van der Waals surface area contributed by atoms with Gasteiger partial charge in [-0.3, -0.25) is 4.98 Å². The summed E-state index contributed by atoms with van der Waals surface area (Å²) >= 11 is 0. The standard InChI is InChI=1S/C37H32N2O/c1-22(2)31-17-27(26-10-7-6-8-11-26)18-32(23(3)4)36(31)33-19-34(39-21-24(33)5)30-13-9-12-29-28-15-14-25(20-38)16-35(28)40-37(29)30/h6-19,21-23H,1-5H3/i5D3. The minimum absolute atomic E-state index is 0.144. The van der Waals surface area contributed by atoms with Crippen LogP contribution in [0.25, 0.3) is 55.4 Å². The largest absolute Gasteiger partial charge is 0.455 e. The molecule has 0 amide bonds. The van der Waals surface area contributed by atoms with Crippen molar-refractivity contribution in [3.05, 3.63) is 113 Å². The van der Waals surface area contributed by atoms with E-state index in [-0.39, 0.29) is 17.4 Å². The van der Waals surface area contributed by atoms with Crippen LogP contribution in [0.2, 0.25) is 0 Å². The molecule has 40 heavy (non-hydrogen) atoms. The molecule has 3 nitrogen and oxygen atoms in total. The maximum atomic E-state index is 9.39. The Morgan fingerprint density at radius 3 is 2.20 bits per heavy atom. The number of nitriles is 1. The van der Waals surface area contributed by atoms with Gasteiger partial charge in [0.15, 0.2) is 0 Å². The molecule has 0 radical (unpaired) electrons. The van der Waals surface area contributed by atoms with E-state index in [1.54, 1.807) is 12.1 Å². The van der Waals surface area contributed by atoms with Crippen LogP contribution in [0.3, 0.4) is 0 Å². The lowest BCUT2D eigenvalue weighted by molar-refractivity contribution is 0.669. The van der Waals surface area contributed by atoms with Crippen LogP contribution in [0.5, 0.6) is 0 Å². The van der Waals surface area contributed by atoms with Crippen LogP contribution in [-0.4, -0.2) is 4.98 Å². The van der Waals surface area contributed by atoms with E-state index in [1.807, 2.05) is 48.5 Å². The summed E-state index contributed by atoms with van der Waals surface area (Å²) in [4.78, 5) is 4.70. The Hall–Kier alpha value is -4.68. The maximum absolute atomic E-state index is 9.39. The number of benzene rings is 4. The second-order valence-corrected chi connectivity index (χ2v) is 10.9. The molecule has 6 aromatic rings. The topological polar surface area (TPSA) is 49.8 Å². The van der Waals surface area contributed by atoms with Crippen LogP contribution in [0.1, 0.15) is 65.9 Å². The van der Waals surface area contributed by atoms with Gasteiger partial charge in [-0.25, -0.2) is 0 Å². The zero-order chi connectivity index (χ0) is 30.5. The summed E-state index contributed by atoms with van der Waals surface area (Å²) in [7, 11) is 0. The monoisotopic (exact) mass is 523 g/mol. The van der Waals surface area contributed by atoms with Gasteiger partial charge in [0.1, 0.15) is 11.2 Å². The van der Waals surface area contributed by atoms with Crippen molar-refractivity contribution in [2.75, 3.05) is 0 Å². The zero-order valence-electron chi connectivity index (χ0n) is 26.1. The van der Waals surface area contributed by atoms with E-state index >= 15 is 0 Å². The number of hydrogen-bond acceptors (Lipinski definition) is 3. The summed E-state index contributed by atoms with van der Waals surface area (Å²) in [6.45, 7) is 6.25. The smallest absolute Gasteiger partial charge is 0.144 e. The zero-order valence-corrected chi connectivity index (χ0v) is 23.1. The van der Waals surface area contributed by atoms with Crippen molar-refractivity contribution in [1.82, 2.24) is 4.98 Å². The molecule has 2 heterocycles. The van der Waals surface area contributed by atoms with E-state index in [9.17, 15) is 5.26 Å². The first-order chi connectivity index (χ1) is 20.6. The molecule has 3 heteroatoms. The van der Waals surface area contributed by atoms with Crippen LogP contribution in [-0.2, 0) is 0 Å². The highest BCUT2D eigenvalue weighted by atomic mass is 16.3. The number of fused-ring (bicyclic) bond motifs is 3. The van der Waals surface area contributed by atoms with Crippen LogP contribution in [0, 0.1) is 18.2 Å². The molecule has 196 valence electrons. The van der Waals surface area contributed by atoms with Crippen molar-refractivity contribution in [2.24, 2.45) is 0 Å². The van der Waals surface area contributed by atoms with E-state index in [0.717, 1.165) is 44.2 Å². The third kappa shape index (κ3) is 4.36. The van der Waals surface area contributed by atoms with Gasteiger partial charge in [0.2, 0.25) is 0 Å². The summed E-state index contributed by atoms with van der Waals surface area (Å²) in [5, 5.41) is 11.2. The minimum atomic E-state index is -2.36. The molecular weight excluding hydrogens is 488 g/mol. The van der Waals surface area contributed by atoms with Gasteiger partial charge >= 0.3 is 0 Å². The maximum Gasteiger partial charge on any atom is 0.144 e. The normalized spacial score (nSPS) is 13.0. The molecule has 0 saturated heterocycles. The Labute approximate surface area is 240 Å². The molecule has 0 unspecified atom stereocenters. The SMILES string of the molecule is [2H]C([2H])([2H])c1cnc(-c2cccc3c2oc2cc(C#N)ccc23)cc1-c1c(C(C)C)cc(-c2ccccc2)cc1C(C)C. The van der Waals surface area contributed by atoms with Crippen LogP contribution < -0.4 is 0 Å². The molecule has 0 saturated carbocycles. The molecule has 2 aromatic heterocycles. The first-order valence-corrected chi connectivity index (χ1v) is 13.7. The number of pyridine rings is 1. The van der Waals surface area contributed by atoms with Crippen molar-refractivity contribution in [2.45, 2.75) is 46.4 Å². The third-order valence-corrected chi connectivity index (χ3v) is 7.63. The summed E-state index contributed by atoms with van der Waals surface area (Å²) in [5.41, 5.74) is 9.48. The lowest BCUT2D eigenvalue weighted by atomic mass is 9.81. The first kappa shape index (κ1) is 22.2. The van der Waals surface area contributed by atoms with E-state index in [1.165, 1.54) is 6.20 Å². The molecule has 0 spiro atoms. The Morgan fingerprint density at radius 1 is 0.775 bits per heavy atom. The first-order valence-electron chi connectivity index (χ1n) is 15.2. The predicted molar refractivity (Wildman–Crippen MR) is 165 cm³/mol. The van der Waals surface area contributed by atoms with Gasteiger partial charge in [0, 0.05) is 26.6 Å². The number of nitrogens with zero attached hydrogens (tertiary/aromatic N) is 2. The highest BCUT2D eigenvalue weighted by Crippen LogP contribution is 2.43. The van der Waals surface area contributed by atoms with Crippen molar-refractivity contribution >= 4 is 21.9 Å². The summed E-state index contributed by atoms with van der Waals surface area (Å²) in [5.74, 6) is 0.288. The van der Waals surface area contributed by atoms with E-state index < -0.39 is 6.85 Å². The number of furan rings is 1. The lowest BCUT2D eigenvalue weighted by Gasteiger charge is -2.23. The fourth-order valence-electron chi connectivity index (χ4n) is 5.59. The van der Waals surface area contributed by atoms with Gasteiger partial charge in [0.05, 0.1) is 17.3 Å². The number of hydrogen-bond donors (Lipinski definition) is 0. The van der Waals surface area contributed by atoms with Gasteiger partial charge in [-0.05, 0) is 88.0 Å². The fourth-order valence-corrected chi connectivity index (χ4v) is 5.59. The number of para-hydroxylation sites is 1. The van der Waals surface area contributed by atoms with Crippen LogP contribution in [0.15, 0.2) is 95.5 Å². The number of aromatic nitrogens is 1. The Bertz CT molecular complexity index is 2000. The van der Waals surface area contributed by atoms with E-state index in [2.05, 4.69) is 58.0 Å². The van der Waals surface area contributed by atoms with E-state index in [0.29, 0.717) is 28.0 Å². The van der Waals surface area contributed by atoms with Gasteiger partial charge in [0.25, 0.3) is 0 Å². The van der Waals surface area contributed by atoms with Crippen molar-refractivity contribution < 1.29 is 8.53 Å². The van der Waals surface area contributed by atoms with E-state index in [4.69, 9.17) is 13.5 Å². The number of aryl methyl sites for hydroxylation is 1. The molecule has 0 aliphatic rings. The third-order valence-electron chi connectivity index (χ3n) is 7.63. The highest BCUT2D eigenvalue weighted by Gasteiger charge is 2.21. The van der Waals surface area contributed by atoms with Gasteiger partial charge in [-0.1, -0.05) is 82.3 Å². The average molecular weight is 524 g/mol. The Kier molecular flexibility index (Phi) is 5.62. The van der Waals surface area contributed by atoms with Gasteiger partial charge < -0.3 is 4.42 Å². The molecule has 0 aliphatic carbocycles. The highest BCUT2D eigenvalue weighted by molar-refractivity contribution is 6.09. The second kappa shape index (κ2) is 10.1. The fraction of sp³-hybridized carbons (Fsp3) is 0.189. The van der Waals surface area contributed by atoms with Crippen molar-refractivity contribution in [1.29, 1.82) is 5.26 Å². The molecule has 4 aromatic carbocycles. The summed E-state index contributed by atoms with van der Waals surface area (Å²) < 4.78 is 31.7. The van der Waals surface area contributed by atoms with Crippen molar-refractivity contribution in [3.8, 4) is 39.6 Å². The van der Waals surface area contributed by atoms with Gasteiger partial charge in [-0.15, -0.1) is 0 Å². The molecule has 0 N–H and O–H groups in total. The summed E-state index contributed by atoms with van der Waals surface area (Å²) in [6, 6.07) is 30.1. The Morgan fingerprint density at radius 2 is 1.52 bits per heavy atom. The average Bonchev–Trinajstić information content (AvgIpc) is 3.38. The summed E-state index contributed by atoms with van der Waals surface area (Å²) in [6.07, 6.45) is 1.51. The molecule has 0 bridgehead atoms. The molecule has 0 fully saturated rings. The van der Waals surface area contributed by atoms with Gasteiger partial charge in [-0.2, -0.15) is 5.26 Å². The van der Waals surface area contributed by atoms with Crippen LogP contribution >= 0.6 is 0 Å². The van der Waals surface area contributed by atoms with Crippen LogP contribution in [0.4, 0.5) is 0 Å². The molecule has 0 atom stereocenters.